The van der Waals surface area contributed by atoms with Gasteiger partial charge < -0.3 is 5.11 Å². The van der Waals surface area contributed by atoms with E-state index in [4.69, 9.17) is 11.6 Å². The molecule has 0 atom stereocenters. The molecule has 0 aliphatic carbocycles. The normalized spacial score (nSPS) is 10.6. The van der Waals surface area contributed by atoms with Crippen LogP contribution in [0.5, 0.6) is 5.75 Å². The average molecular weight is 489 g/mol. The molecule has 0 fully saturated rings. The molecule has 1 heterocycles. The summed E-state index contributed by atoms with van der Waals surface area (Å²) in [6.07, 6.45) is 0. The number of nitrogens with one attached hydrogen (secondary N) is 1. The van der Waals surface area contributed by atoms with Crippen molar-refractivity contribution in [3.05, 3.63) is 61.3 Å². The Morgan fingerprint density at radius 1 is 1.21 bits per heavy atom. The van der Waals surface area contributed by atoms with Crippen LogP contribution in [-0.4, -0.2) is 16.0 Å². The molecule has 1 amide bonds. The highest BCUT2D eigenvalue weighted by Crippen LogP contribution is 2.33. The summed E-state index contributed by atoms with van der Waals surface area (Å²) in [7, 11) is 0. The average Bonchev–Trinajstić information content (AvgIpc) is 3.00. The number of phenolic OH excluding ortho intramolecular Hbond substituents is 1. The number of phenols is 1. The fourth-order valence-corrected chi connectivity index (χ4v) is 4.05. The number of carbonyl (C=O) groups is 1. The number of nitrogens with zero attached hydrogens (tertiary/aromatic N) is 1. The van der Waals surface area contributed by atoms with E-state index in [1.54, 1.807) is 24.3 Å². The second kappa shape index (κ2) is 7.23. The lowest BCUT2D eigenvalue weighted by molar-refractivity contribution is 0.102. The number of amides is 1. The van der Waals surface area contributed by atoms with E-state index in [-0.39, 0.29) is 11.3 Å². The zero-order valence-electron chi connectivity index (χ0n) is 11.9. The Labute approximate surface area is 163 Å². The molecule has 0 radical (unpaired) electrons. The zero-order chi connectivity index (χ0) is 17.3. The van der Waals surface area contributed by atoms with Crippen LogP contribution in [0.15, 0.2) is 50.7 Å². The van der Waals surface area contributed by atoms with Crippen molar-refractivity contribution in [1.29, 1.82) is 0 Å². The number of aromatic nitrogens is 1. The third-order valence-electron chi connectivity index (χ3n) is 3.14. The fourth-order valence-electron chi connectivity index (χ4n) is 1.99. The number of halogens is 3. The minimum Gasteiger partial charge on any atom is -0.506 e. The van der Waals surface area contributed by atoms with Gasteiger partial charge in [0.25, 0.3) is 5.91 Å². The highest BCUT2D eigenvalue weighted by atomic mass is 79.9. The van der Waals surface area contributed by atoms with Gasteiger partial charge >= 0.3 is 0 Å². The van der Waals surface area contributed by atoms with E-state index in [2.05, 4.69) is 42.2 Å². The van der Waals surface area contributed by atoms with E-state index >= 15 is 0 Å². The topological polar surface area (TPSA) is 62.2 Å². The third kappa shape index (κ3) is 3.80. The van der Waals surface area contributed by atoms with Gasteiger partial charge in [-0.15, -0.1) is 11.3 Å². The van der Waals surface area contributed by atoms with Gasteiger partial charge in [-0.2, -0.15) is 0 Å². The first-order valence-electron chi connectivity index (χ1n) is 6.65. The molecule has 3 rings (SSSR count). The summed E-state index contributed by atoms with van der Waals surface area (Å²) in [6.45, 7) is 0. The number of benzene rings is 2. The van der Waals surface area contributed by atoms with Crippen LogP contribution >= 0.6 is 54.8 Å². The van der Waals surface area contributed by atoms with Gasteiger partial charge in [0.05, 0.1) is 15.7 Å². The molecule has 24 heavy (non-hydrogen) atoms. The molecule has 2 N–H and O–H groups in total. The Morgan fingerprint density at radius 3 is 2.62 bits per heavy atom. The first-order chi connectivity index (χ1) is 11.4. The molecule has 0 aliphatic rings. The van der Waals surface area contributed by atoms with Crippen LogP contribution in [0, 0.1) is 0 Å². The van der Waals surface area contributed by atoms with Crippen molar-refractivity contribution in [3.63, 3.8) is 0 Å². The lowest BCUT2D eigenvalue weighted by Gasteiger charge is -2.07. The first kappa shape index (κ1) is 17.4. The number of hydrogen-bond acceptors (Lipinski definition) is 4. The number of hydrogen-bond donors (Lipinski definition) is 2. The molecule has 1 aromatic heterocycles. The monoisotopic (exact) mass is 486 g/mol. The van der Waals surface area contributed by atoms with Crippen LogP contribution in [0.2, 0.25) is 5.02 Å². The molecule has 8 heteroatoms. The van der Waals surface area contributed by atoms with Gasteiger partial charge in [0.2, 0.25) is 0 Å². The molecule has 0 aliphatic heterocycles. The molecular formula is C16H9Br2ClN2O2S. The maximum atomic E-state index is 12.4. The van der Waals surface area contributed by atoms with Crippen LogP contribution in [0.25, 0.3) is 11.3 Å². The van der Waals surface area contributed by atoms with Gasteiger partial charge in [0.15, 0.2) is 5.13 Å². The molecule has 4 nitrogen and oxygen atoms in total. The number of carbonyl (C=O) groups excluding carboxylic acids is 1. The molecule has 122 valence electrons. The Balaban J connectivity index is 1.82. The SMILES string of the molecule is O=C(Nc1nc(-c2ccc(Cl)cc2)cs1)c1cc(Br)cc(Br)c1O. The lowest BCUT2D eigenvalue weighted by Crippen LogP contribution is -2.12. The lowest BCUT2D eigenvalue weighted by atomic mass is 10.2. The summed E-state index contributed by atoms with van der Waals surface area (Å²) >= 11 is 13.7. The first-order valence-corrected chi connectivity index (χ1v) is 9.49. The Kier molecular flexibility index (Phi) is 5.24. The maximum absolute atomic E-state index is 12.4. The number of rotatable bonds is 3. The van der Waals surface area contributed by atoms with Crippen molar-refractivity contribution < 1.29 is 9.90 Å². The molecular weight excluding hydrogens is 480 g/mol. The van der Waals surface area contributed by atoms with Crippen LogP contribution in [0.4, 0.5) is 5.13 Å². The summed E-state index contributed by atoms with van der Waals surface area (Å²) < 4.78 is 1.11. The molecule has 2 aromatic carbocycles. The minimum atomic E-state index is -0.438. The predicted molar refractivity (Wildman–Crippen MR) is 104 cm³/mol. The van der Waals surface area contributed by atoms with E-state index in [1.807, 2.05) is 17.5 Å². The van der Waals surface area contributed by atoms with Gasteiger partial charge in [0.1, 0.15) is 5.75 Å². The van der Waals surface area contributed by atoms with Crippen LogP contribution < -0.4 is 5.32 Å². The Hall–Kier alpha value is -1.41. The third-order valence-corrected chi connectivity index (χ3v) is 5.21. The van der Waals surface area contributed by atoms with Gasteiger partial charge in [-0.25, -0.2) is 4.98 Å². The van der Waals surface area contributed by atoms with E-state index in [0.29, 0.717) is 19.1 Å². The maximum Gasteiger partial charge on any atom is 0.261 e. The summed E-state index contributed by atoms with van der Waals surface area (Å²) in [4.78, 5) is 16.8. The van der Waals surface area contributed by atoms with Gasteiger partial charge in [-0.1, -0.05) is 39.7 Å². The predicted octanol–water partition coefficient (Wildman–Crippen LogP) is 5.95. The molecule has 0 saturated carbocycles. The van der Waals surface area contributed by atoms with Crippen LogP contribution in [-0.2, 0) is 0 Å². The van der Waals surface area contributed by atoms with Gasteiger partial charge in [0, 0.05) is 20.4 Å². The van der Waals surface area contributed by atoms with Crippen molar-refractivity contribution in [1.82, 2.24) is 4.98 Å². The van der Waals surface area contributed by atoms with Crippen molar-refractivity contribution in [3.8, 4) is 17.0 Å². The summed E-state index contributed by atoms with van der Waals surface area (Å²) in [5, 5.41) is 15.7. The molecule has 0 saturated heterocycles. The molecule has 3 aromatic rings. The van der Waals surface area contributed by atoms with Crippen molar-refractivity contribution in [2.75, 3.05) is 5.32 Å². The van der Waals surface area contributed by atoms with E-state index in [1.165, 1.54) is 11.3 Å². The van der Waals surface area contributed by atoms with Crippen LogP contribution in [0.1, 0.15) is 10.4 Å². The van der Waals surface area contributed by atoms with Crippen molar-refractivity contribution >= 4 is 65.8 Å². The van der Waals surface area contributed by atoms with Gasteiger partial charge in [-0.05, 0) is 40.2 Å². The molecule has 0 spiro atoms. The second-order valence-corrected chi connectivity index (χ2v) is 7.85. The van der Waals surface area contributed by atoms with Crippen molar-refractivity contribution in [2.45, 2.75) is 0 Å². The largest absolute Gasteiger partial charge is 0.506 e. The quantitative estimate of drug-likeness (QED) is 0.479. The van der Waals surface area contributed by atoms with E-state index < -0.39 is 5.91 Å². The van der Waals surface area contributed by atoms with Gasteiger partial charge in [-0.3, -0.25) is 10.1 Å². The van der Waals surface area contributed by atoms with Crippen LogP contribution in [0.3, 0.4) is 0 Å². The highest BCUT2D eigenvalue weighted by Gasteiger charge is 2.16. The summed E-state index contributed by atoms with van der Waals surface area (Å²) in [6, 6.07) is 10.5. The number of thiazole rings is 1. The summed E-state index contributed by atoms with van der Waals surface area (Å²) in [5.74, 6) is -0.559. The second-order valence-electron chi connectivity index (χ2n) is 4.78. The van der Waals surface area contributed by atoms with E-state index in [9.17, 15) is 9.90 Å². The van der Waals surface area contributed by atoms with Crippen molar-refractivity contribution in [2.24, 2.45) is 0 Å². The zero-order valence-corrected chi connectivity index (χ0v) is 16.6. The standard InChI is InChI=1S/C16H9Br2ClN2O2S/c17-9-5-11(14(22)12(18)6-9)15(23)21-16-20-13(7-24-16)8-1-3-10(19)4-2-8/h1-7,22H,(H,20,21,23). The Morgan fingerprint density at radius 2 is 1.92 bits per heavy atom. The number of anilines is 1. The fraction of sp³-hybridized carbons (Fsp3) is 0. The highest BCUT2D eigenvalue weighted by molar-refractivity contribution is 9.11. The smallest absolute Gasteiger partial charge is 0.261 e. The minimum absolute atomic E-state index is 0.120. The Bertz CT molecular complexity index is 913. The number of aromatic hydroxyl groups is 1. The molecule has 0 bridgehead atoms. The van der Waals surface area contributed by atoms with E-state index in [0.717, 1.165) is 11.3 Å². The summed E-state index contributed by atoms with van der Waals surface area (Å²) in [5.41, 5.74) is 1.80. The molecule has 0 unspecified atom stereocenters.